The van der Waals surface area contributed by atoms with Crippen LogP contribution < -0.4 is 29.6 Å². The van der Waals surface area contributed by atoms with E-state index in [4.69, 9.17) is 4.18 Å². The van der Waals surface area contributed by atoms with Gasteiger partial charge in [-0.1, -0.05) is 25.5 Å². The second-order valence-corrected chi connectivity index (χ2v) is 11.2. The fourth-order valence-corrected chi connectivity index (χ4v) is 8.40. The molecule has 0 saturated heterocycles. The molecule has 0 heterocycles. The maximum Gasteiger partial charge on any atom is 1.00 e. The molecule has 2 N–H and O–H groups in total. The molecule has 4 aliphatic rings. The molecule has 8 atom stereocenters. The molecule has 178 valence electrons. The van der Waals surface area contributed by atoms with Gasteiger partial charge in [0, 0.05) is 16.7 Å². The van der Waals surface area contributed by atoms with Crippen molar-refractivity contribution >= 4 is 22.0 Å². The van der Waals surface area contributed by atoms with Crippen LogP contribution in [0.15, 0.2) is 23.8 Å². The molecule has 0 aromatic rings. The standard InChI is InChI=1S/C22H29FO8S.Na/c1-12-8-16-15-5-4-13-9-14(25)6-7-19(13,2)21(15,23)17(26)10-20(16,3)22(12,18(27)11-24)31-32(28,29)30;/h6-7,9,12,15-17,24,26H,4-5,8,10-11H2,1-3H3,(H,28,29,30);/q;+1/p-1/t12-,15-,16-,17-,19-,20-,21-,22-;/m0./s1. The number of hydrogen-bond donors (Lipinski definition) is 2. The fraction of sp³-hybridized carbons (Fsp3) is 0.727. The Kier molecular flexibility index (Phi) is 6.82. The predicted molar refractivity (Wildman–Crippen MR) is 109 cm³/mol. The summed E-state index contributed by atoms with van der Waals surface area (Å²) in [5.41, 5.74) is -6.44. The van der Waals surface area contributed by atoms with Crippen LogP contribution in [-0.4, -0.2) is 58.7 Å². The van der Waals surface area contributed by atoms with Gasteiger partial charge in [0.2, 0.25) is 10.4 Å². The molecule has 0 unspecified atom stereocenters. The quantitative estimate of drug-likeness (QED) is 0.270. The number of carbonyl (C=O) groups is 2. The maximum atomic E-state index is 17.1. The van der Waals surface area contributed by atoms with Gasteiger partial charge in [-0.15, -0.1) is 0 Å². The number of alkyl halides is 1. The molecule has 4 rings (SSSR count). The van der Waals surface area contributed by atoms with Crippen LogP contribution >= 0.6 is 0 Å². The number of aliphatic hydroxyl groups is 2. The summed E-state index contributed by atoms with van der Waals surface area (Å²) in [5.74, 6) is -3.43. The molecule has 0 aromatic carbocycles. The Hall–Kier alpha value is -0.460. The first-order valence-corrected chi connectivity index (χ1v) is 12.1. The second-order valence-electron chi connectivity index (χ2n) is 10.2. The summed E-state index contributed by atoms with van der Waals surface area (Å²) >= 11 is 0. The molecule has 3 fully saturated rings. The summed E-state index contributed by atoms with van der Waals surface area (Å²) in [6.45, 7) is 3.67. The van der Waals surface area contributed by atoms with E-state index in [1.165, 1.54) is 25.2 Å². The monoisotopic (exact) mass is 494 g/mol. The number of aliphatic hydroxyl groups excluding tert-OH is 2. The summed E-state index contributed by atoms with van der Waals surface area (Å²) in [6.07, 6.45) is 3.06. The maximum absolute atomic E-state index is 17.1. The van der Waals surface area contributed by atoms with Gasteiger partial charge in [-0.25, -0.2) is 12.8 Å². The molecule has 0 radical (unpaired) electrons. The van der Waals surface area contributed by atoms with Crippen molar-refractivity contribution in [2.45, 2.75) is 63.8 Å². The Balaban J connectivity index is 0.00000306. The minimum Gasteiger partial charge on any atom is -0.725 e. The van der Waals surface area contributed by atoms with E-state index in [1.54, 1.807) is 13.8 Å². The minimum atomic E-state index is -5.36. The van der Waals surface area contributed by atoms with Gasteiger partial charge in [-0.05, 0) is 56.6 Å². The topological polar surface area (TPSA) is 141 Å². The van der Waals surface area contributed by atoms with Gasteiger partial charge in [0.1, 0.15) is 6.61 Å². The van der Waals surface area contributed by atoms with E-state index in [1.807, 2.05) is 0 Å². The summed E-state index contributed by atoms with van der Waals surface area (Å²) in [4.78, 5) is 24.8. The molecule has 0 spiro atoms. The van der Waals surface area contributed by atoms with Crippen molar-refractivity contribution in [1.82, 2.24) is 0 Å². The molecular formula is C22H28FNaO8S. The van der Waals surface area contributed by atoms with Gasteiger partial charge in [0.15, 0.2) is 22.8 Å². The number of hydrogen-bond acceptors (Lipinski definition) is 8. The molecule has 8 nitrogen and oxygen atoms in total. The minimum absolute atomic E-state index is 0. The number of ketones is 2. The van der Waals surface area contributed by atoms with Crippen LogP contribution in [-0.2, 0) is 24.2 Å². The number of fused-ring (bicyclic) bond motifs is 5. The van der Waals surface area contributed by atoms with Crippen LogP contribution in [0.3, 0.4) is 0 Å². The van der Waals surface area contributed by atoms with Crippen molar-refractivity contribution in [1.29, 1.82) is 0 Å². The largest absolute Gasteiger partial charge is 1.00 e. The molecule has 33 heavy (non-hydrogen) atoms. The van der Waals surface area contributed by atoms with Crippen LogP contribution in [0, 0.1) is 28.6 Å². The Morgan fingerprint density at radius 3 is 2.55 bits per heavy atom. The van der Waals surface area contributed by atoms with E-state index in [0.717, 1.165) is 0 Å². The van der Waals surface area contributed by atoms with Crippen molar-refractivity contribution in [3.05, 3.63) is 23.8 Å². The Morgan fingerprint density at radius 1 is 1.33 bits per heavy atom. The summed E-state index contributed by atoms with van der Waals surface area (Å²) in [6, 6.07) is 0. The smallest absolute Gasteiger partial charge is 0.725 e. The number of rotatable bonds is 4. The number of Topliss-reactive ketones (excluding diaryl/α,β-unsaturated/α-hetero) is 1. The van der Waals surface area contributed by atoms with Crippen molar-refractivity contribution in [3.8, 4) is 0 Å². The van der Waals surface area contributed by atoms with Crippen LogP contribution in [0.1, 0.15) is 46.5 Å². The normalized spacial score (nSPS) is 46.5. The van der Waals surface area contributed by atoms with E-state index in [0.29, 0.717) is 12.0 Å². The van der Waals surface area contributed by atoms with Gasteiger partial charge < -0.3 is 14.8 Å². The predicted octanol–water partition coefficient (Wildman–Crippen LogP) is -1.62. The van der Waals surface area contributed by atoms with Gasteiger partial charge in [-0.3, -0.25) is 13.8 Å². The van der Waals surface area contributed by atoms with Crippen LogP contribution in [0.2, 0.25) is 0 Å². The zero-order chi connectivity index (χ0) is 23.9. The number of carbonyl (C=O) groups excluding carboxylic acids is 2. The Morgan fingerprint density at radius 2 is 1.97 bits per heavy atom. The summed E-state index contributed by atoms with van der Waals surface area (Å²) in [5, 5.41) is 20.9. The van der Waals surface area contributed by atoms with Crippen LogP contribution in [0.25, 0.3) is 0 Å². The van der Waals surface area contributed by atoms with E-state index >= 15 is 4.39 Å². The Labute approximate surface area is 214 Å². The summed E-state index contributed by atoms with van der Waals surface area (Å²) < 4.78 is 57.0. The molecule has 3 saturated carbocycles. The van der Waals surface area contributed by atoms with E-state index in [2.05, 4.69) is 0 Å². The van der Waals surface area contributed by atoms with Gasteiger partial charge in [-0.2, -0.15) is 0 Å². The van der Waals surface area contributed by atoms with Crippen molar-refractivity contribution < 1.29 is 70.9 Å². The van der Waals surface area contributed by atoms with Gasteiger partial charge in [0.05, 0.1) is 6.10 Å². The van der Waals surface area contributed by atoms with Crippen molar-refractivity contribution in [2.24, 2.45) is 28.6 Å². The average Bonchev–Trinajstić information content (AvgIpc) is 2.90. The second kappa shape index (κ2) is 8.30. The summed E-state index contributed by atoms with van der Waals surface area (Å²) in [7, 11) is -5.36. The molecule has 4 aliphatic carbocycles. The third kappa shape index (κ3) is 3.43. The van der Waals surface area contributed by atoms with Crippen molar-refractivity contribution in [3.63, 3.8) is 0 Å². The SMILES string of the molecule is C[C@H]1C[C@H]2[C@@H]3CCC4=CC(=O)C=C[C@]4(C)[C@@]3(F)[C@@H](O)C[C@]2(C)[C@@]1(OS(=O)(=O)[O-])C(=O)CO.[Na+]. The fourth-order valence-electron chi connectivity index (χ4n) is 7.63. The first kappa shape index (κ1) is 27.1. The van der Waals surface area contributed by atoms with E-state index in [-0.39, 0.29) is 54.6 Å². The first-order valence-electron chi connectivity index (χ1n) is 10.8. The van der Waals surface area contributed by atoms with Crippen LogP contribution in [0.4, 0.5) is 4.39 Å². The van der Waals surface area contributed by atoms with E-state index < -0.39 is 68.7 Å². The van der Waals surface area contributed by atoms with Crippen molar-refractivity contribution in [2.75, 3.05) is 6.61 Å². The molecule has 0 amide bonds. The number of halogens is 1. The van der Waals surface area contributed by atoms with Gasteiger partial charge >= 0.3 is 29.6 Å². The molecule has 11 heteroatoms. The van der Waals surface area contributed by atoms with Crippen LogP contribution in [0.5, 0.6) is 0 Å². The molecule has 0 aliphatic heterocycles. The van der Waals surface area contributed by atoms with Gasteiger partial charge in [0.25, 0.3) is 0 Å². The number of allylic oxidation sites excluding steroid dienone is 4. The molecular weight excluding hydrogens is 466 g/mol. The zero-order valence-corrected chi connectivity index (χ0v) is 22.0. The Bertz CT molecular complexity index is 1040. The van der Waals surface area contributed by atoms with E-state index in [9.17, 15) is 32.8 Å². The third-order valence-corrected chi connectivity index (χ3v) is 9.44. The molecule has 0 aromatic heterocycles. The first-order chi connectivity index (χ1) is 14.7. The third-order valence-electron chi connectivity index (χ3n) is 8.97. The zero-order valence-electron chi connectivity index (χ0n) is 19.2. The average molecular weight is 495 g/mol. The molecule has 0 bridgehead atoms.